The van der Waals surface area contributed by atoms with Gasteiger partial charge in [-0.05, 0) is 18.2 Å². The highest BCUT2D eigenvalue weighted by molar-refractivity contribution is 7.13. The van der Waals surface area contributed by atoms with Gasteiger partial charge in [0.2, 0.25) is 10.9 Å². The lowest BCUT2D eigenvalue weighted by molar-refractivity contribution is -0.121. The third-order valence-corrected chi connectivity index (χ3v) is 4.15. The van der Waals surface area contributed by atoms with Gasteiger partial charge in [0.1, 0.15) is 5.01 Å². The number of benzene rings is 1. The summed E-state index contributed by atoms with van der Waals surface area (Å²) in [5.41, 5.74) is 0.585. The molecule has 0 unspecified atom stereocenters. The van der Waals surface area contributed by atoms with Crippen LogP contribution >= 0.6 is 22.9 Å². The number of rotatable bonds is 8. The molecule has 0 atom stereocenters. The molecule has 7 nitrogen and oxygen atoms in total. The Bertz CT molecular complexity index is 708. The maximum Gasteiger partial charge on any atom is 0.286 e. The molecule has 2 amide bonds. The Labute approximate surface area is 148 Å². The Kier molecular flexibility index (Phi) is 7.10. The standard InChI is InChI=1S/C15H17ClN4O3S/c1-23-8-7-17-12(21)5-6-13-19-20-15(24-13)14(22)18-11-4-2-3-10(16)9-11/h2-4,9H,5-8H2,1H3,(H,17,21)(H,18,22). The number of nitrogens with one attached hydrogen (secondary N) is 2. The van der Waals surface area contributed by atoms with E-state index >= 15 is 0 Å². The summed E-state index contributed by atoms with van der Waals surface area (Å²) in [6.07, 6.45) is 0.717. The Balaban J connectivity index is 1.83. The molecule has 2 aromatic rings. The second-order valence-corrected chi connectivity index (χ2v) is 6.31. The molecule has 128 valence electrons. The van der Waals surface area contributed by atoms with Crippen molar-refractivity contribution in [2.45, 2.75) is 12.8 Å². The number of hydrogen-bond donors (Lipinski definition) is 2. The Morgan fingerprint density at radius 2 is 2.17 bits per heavy atom. The van der Waals surface area contributed by atoms with Crippen LogP contribution in [0.4, 0.5) is 5.69 Å². The number of ether oxygens (including phenoxy) is 1. The molecule has 0 saturated carbocycles. The van der Waals surface area contributed by atoms with Gasteiger partial charge in [0, 0.05) is 37.2 Å². The molecule has 24 heavy (non-hydrogen) atoms. The summed E-state index contributed by atoms with van der Waals surface area (Å²) in [6.45, 7) is 0.942. The smallest absolute Gasteiger partial charge is 0.286 e. The van der Waals surface area contributed by atoms with Gasteiger partial charge in [-0.2, -0.15) is 0 Å². The van der Waals surface area contributed by atoms with Gasteiger partial charge in [-0.3, -0.25) is 9.59 Å². The van der Waals surface area contributed by atoms with Gasteiger partial charge in [-0.15, -0.1) is 10.2 Å². The van der Waals surface area contributed by atoms with Crippen LogP contribution in [0.1, 0.15) is 21.2 Å². The Hall–Kier alpha value is -2.03. The van der Waals surface area contributed by atoms with Crippen LogP contribution in [-0.2, 0) is 16.0 Å². The van der Waals surface area contributed by atoms with Crippen LogP contribution in [-0.4, -0.2) is 42.3 Å². The molecule has 0 aliphatic carbocycles. The van der Waals surface area contributed by atoms with Crippen LogP contribution in [0.15, 0.2) is 24.3 Å². The molecule has 9 heteroatoms. The first kappa shape index (κ1) is 18.3. The van der Waals surface area contributed by atoms with Crippen LogP contribution in [0.25, 0.3) is 0 Å². The summed E-state index contributed by atoms with van der Waals surface area (Å²) in [7, 11) is 1.57. The number of aromatic nitrogens is 2. The van der Waals surface area contributed by atoms with Gasteiger partial charge in [0.15, 0.2) is 0 Å². The lowest BCUT2D eigenvalue weighted by Crippen LogP contribution is -2.27. The monoisotopic (exact) mass is 368 g/mol. The van der Waals surface area contributed by atoms with Gasteiger partial charge in [0.25, 0.3) is 5.91 Å². The predicted octanol–water partition coefficient (Wildman–Crippen LogP) is 2.14. The highest BCUT2D eigenvalue weighted by Crippen LogP contribution is 2.17. The van der Waals surface area contributed by atoms with Crippen molar-refractivity contribution in [3.63, 3.8) is 0 Å². The molecule has 0 fully saturated rings. The van der Waals surface area contributed by atoms with Crippen LogP contribution in [0.3, 0.4) is 0 Å². The molecule has 1 heterocycles. The molecular formula is C15H17ClN4O3S. The molecule has 0 radical (unpaired) electrons. The van der Waals surface area contributed by atoms with Crippen molar-refractivity contribution < 1.29 is 14.3 Å². The molecule has 1 aromatic carbocycles. The average molecular weight is 369 g/mol. The van der Waals surface area contributed by atoms with E-state index in [0.29, 0.717) is 35.3 Å². The minimum Gasteiger partial charge on any atom is -0.383 e. The largest absolute Gasteiger partial charge is 0.383 e. The Morgan fingerprint density at radius 1 is 1.33 bits per heavy atom. The summed E-state index contributed by atoms with van der Waals surface area (Å²) >= 11 is 7.04. The fraction of sp³-hybridized carbons (Fsp3) is 0.333. The maximum absolute atomic E-state index is 12.1. The Morgan fingerprint density at radius 3 is 2.92 bits per heavy atom. The SMILES string of the molecule is COCCNC(=O)CCc1nnc(C(=O)Nc2cccc(Cl)c2)s1. The van der Waals surface area contributed by atoms with Crippen molar-refractivity contribution in [1.29, 1.82) is 0 Å². The zero-order valence-corrected chi connectivity index (χ0v) is 14.6. The van der Waals surface area contributed by atoms with Crippen LogP contribution in [0, 0.1) is 0 Å². The molecule has 0 saturated heterocycles. The van der Waals surface area contributed by atoms with E-state index in [1.165, 1.54) is 0 Å². The number of anilines is 1. The van der Waals surface area contributed by atoms with Crippen molar-refractivity contribution in [2.75, 3.05) is 25.6 Å². The quantitative estimate of drug-likeness (QED) is 0.696. The van der Waals surface area contributed by atoms with E-state index in [9.17, 15) is 9.59 Å². The van der Waals surface area contributed by atoms with Gasteiger partial charge in [-0.25, -0.2) is 0 Å². The fourth-order valence-corrected chi connectivity index (χ4v) is 2.72. The van der Waals surface area contributed by atoms with Crippen LogP contribution < -0.4 is 10.6 Å². The van der Waals surface area contributed by atoms with Crippen molar-refractivity contribution in [1.82, 2.24) is 15.5 Å². The molecule has 2 N–H and O–H groups in total. The highest BCUT2D eigenvalue weighted by atomic mass is 35.5. The number of carbonyl (C=O) groups is 2. The zero-order chi connectivity index (χ0) is 17.4. The molecule has 2 rings (SSSR count). The van der Waals surface area contributed by atoms with Crippen LogP contribution in [0.5, 0.6) is 0 Å². The summed E-state index contributed by atoms with van der Waals surface area (Å²) in [6, 6.07) is 6.84. The van der Waals surface area contributed by atoms with E-state index in [0.717, 1.165) is 11.3 Å². The second kappa shape index (κ2) is 9.31. The number of amides is 2. The number of nitrogens with zero attached hydrogens (tertiary/aromatic N) is 2. The fourth-order valence-electron chi connectivity index (χ4n) is 1.80. The van der Waals surface area contributed by atoms with E-state index in [2.05, 4.69) is 20.8 Å². The molecule has 0 aliphatic heterocycles. The summed E-state index contributed by atoms with van der Waals surface area (Å²) < 4.78 is 4.85. The molecule has 0 bridgehead atoms. The van der Waals surface area contributed by atoms with Crippen molar-refractivity contribution in [3.05, 3.63) is 39.3 Å². The molecule has 0 aliphatic rings. The van der Waals surface area contributed by atoms with E-state index in [1.807, 2.05) is 0 Å². The molecular weight excluding hydrogens is 352 g/mol. The van der Waals surface area contributed by atoms with Crippen molar-refractivity contribution in [3.8, 4) is 0 Å². The lowest BCUT2D eigenvalue weighted by Gasteiger charge is -2.02. The number of halogens is 1. The number of carbonyl (C=O) groups excluding carboxylic acids is 2. The van der Waals surface area contributed by atoms with Gasteiger partial charge < -0.3 is 15.4 Å². The summed E-state index contributed by atoms with van der Waals surface area (Å²) in [5, 5.41) is 14.6. The number of methoxy groups -OCH3 is 1. The normalized spacial score (nSPS) is 10.4. The molecule has 1 aromatic heterocycles. The second-order valence-electron chi connectivity index (χ2n) is 4.81. The number of aryl methyl sites for hydroxylation is 1. The third kappa shape index (κ3) is 5.88. The van der Waals surface area contributed by atoms with E-state index in [1.54, 1.807) is 31.4 Å². The first-order chi connectivity index (χ1) is 11.6. The van der Waals surface area contributed by atoms with E-state index in [4.69, 9.17) is 16.3 Å². The first-order valence-electron chi connectivity index (χ1n) is 7.23. The first-order valence-corrected chi connectivity index (χ1v) is 8.43. The predicted molar refractivity (Wildman–Crippen MR) is 92.5 cm³/mol. The molecule has 0 spiro atoms. The van der Waals surface area contributed by atoms with Crippen molar-refractivity contribution >= 4 is 40.4 Å². The minimum absolute atomic E-state index is 0.0906. The van der Waals surface area contributed by atoms with Gasteiger partial charge >= 0.3 is 0 Å². The highest BCUT2D eigenvalue weighted by Gasteiger charge is 2.14. The zero-order valence-electron chi connectivity index (χ0n) is 13.0. The van der Waals surface area contributed by atoms with Crippen LogP contribution in [0.2, 0.25) is 5.02 Å². The topological polar surface area (TPSA) is 93.2 Å². The van der Waals surface area contributed by atoms with E-state index < -0.39 is 0 Å². The van der Waals surface area contributed by atoms with Gasteiger partial charge in [0.05, 0.1) is 6.61 Å². The maximum atomic E-state index is 12.1. The van der Waals surface area contributed by atoms with Crippen molar-refractivity contribution in [2.24, 2.45) is 0 Å². The third-order valence-electron chi connectivity index (χ3n) is 2.94. The van der Waals surface area contributed by atoms with E-state index in [-0.39, 0.29) is 23.2 Å². The number of hydrogen-bond acceptors (Lipinski definition) is 6. The lowest BCUT2D eigenvalue weighted by atomic mass is 10.3. The summed E-state index contributed by atoms with van der Waals surface area (Å²) in [5.74, 6) is -0.447. The average Bonchev–Trinajstić information content (AvgIpc) is 3.02. The minimum atomic E-state index is -0.356. The van der Waals surface area contributed by atoms with Gasteiger partial charge in [-0.1, -0.05) is 29.0 Å². The summed E-state index contributed by atoms with van der Waals surface area (Å²) in [4.78, 5) is 23.7.